The van der Waals surface area contributed by atoms with Gasteiger partial charge in [0.05, 0.1) is 6.61 Å². The second-order valence-corrected chi connectivity index (χ2v) is 6.18. The Morgan fingerprint density at radius 3 is 2.67 bits per heavy atom. The van der Waals surface area contributed by atoms with E-state index in [9.17, 15) is 0 Å². The van der Waals surface area contributed by atoms with Crippen LogP contribution in [0.25, 0.3) is 0 Å². The Balaban J connectivity index is 1.94. The van der Waals surface area contributed by atoms with Gasteiger partial charge in [-0.2, -0.15) is 0 Å². The van der Waals surface area contributed by atoms with Crippen LogP contribution in [0.1, 0.15) is 43.2 Å². The molecule has 0 radical (unpaired) electrons. The molecule has 0 aromatic heterocycles. The smallest absolute Gasteiger partial charge is 0.0587 e. The monoisotopic (exact) mass is 290 g/mol. The SMILES string of the molecule is COCCNCc1ccc(N(C)C2CCCCC2)cc1C. The molecule has 118 valence electrons. The molecule has 0 amide bonds. The highest BCUT2D eigenvalue weighted by Crippen LogP contribution is 2.27. The molecule has 0 bridgehead atoms. The molecule has 1 saturated carbocycles. The summed E-state index contributed by atoms with van der Waals surface area (Å²) >= 11 is 0. The summed E-state index contributed by atoms with van der Waals surface area (Å²) in [4.78, 5) is 2.48. The molecule has 1 aliphatic rings. The maximum atomic E-state index is 5.06. The third-order valence-electron chi connectivity index (χ3n) is 4.65. The Morgan fingerprint density at radius 2 is 2.00 bits per heavy atom. The topological polar surface area (TPSA) is 24.5 Å². The van der Waals surface area contributed by atoms with Crippen LogP contribution in [0.4, 0.5) is 5.69 Å². The zero-order valence-electron chi connectivity index (χ0n) is 13.8. The van der Waals surface area contributed by atoms with Gasteiger partial charge in [-0.1, -0.05) is 25.3 Å². The van der Waals surface area contributed by atoms with Gasteiger partial charge in [0, 0.05) is 39.0 Å². The lowest BCUT2D eigenvalue weighted by atomic mass is 9.94. The summed E-state index contributed by atoms with van der Waals surface area (Å²) in [5.41, 5.74) is 4.12. The normalized spacial score (nSPS) is 16.1. The van der Waals surface area contributed by atoms with Crippen molar-refractivity contribution in [2.45, 2.75) is 51.6 Å². The molecule has 0 spiro atoms. The molecule has 1 N–H and O–H groups in total. The van der Waals surface area contributed by atoms with Crippen molar-refractivity contribution >= 4 is 5.69 Å². The highest BCUT2D eigenvalue weighted by Gasteiger charge is 2.18. The van der Waals surface area contributed by atoms with E-state index in [4.69, 9.17) is 4.74 Å². The first-order chi connectivity index (χ1) is 10.2. The van der Waals surface area contributed by atoms with Crippen molar-refractivity contribution in [2.75, 3.05) is 32.2 Å². The number of nitrogens with zero attached hydrogens (tertiary/aromatic N) is 1. The third kappa shape index (κ3) is 4.72. The summed E-state index contributed by atoms with van der Waals surface area (Å²) in [5, 5.41) is 3.42. The lowest BCUT2D eigenvalue weighted by Gasteiger charge is -2.33. The Hall–Kier alpha value is -1.06. The van der Waals surface area contributed by atoms with Crippen molar-refractivity contribution in [2.24, 2.45) is 0 Å². The largest absolute Gasteiger partial charge is 0.383 e. The first-order valence-electron chi connectivity index (χ1n) is 8.24. The molecule has 0 heterocycles. The molecule has 21 heavy (non-hydrogen) atoms. The molecular formula is C18H30N2O. The van der Waals surface area contributed by atoms with Crippen molar-refractivity contribution in [1.29, 1.82) is 0 Å². The van der Waals surface area contributed by atoms with Crippen molar-refractivity contribution in [3.63, 3.8) is 0 Å². The van der Waals surface area contributed by atoms with Crippen LogP contribution in [0.2, 0.25) is 0 Å². The standard InChI is InChI=1S/C18H30N2O/c1-15-13-18(20(2)17-7-5-4-6-8-17)10-9-16(15)14-19-11-12-21-3/h9-10,13,17,19H,4-8,11-12,14H2,1-3H3. The molecule has 1 aliphatic carbocycles. The van der Waals surface area contributed by atoms with Crippen LogP contribution < -0.4 is 10.2 Å². The number of hydrogen-bond acceptors (Lipinski definition) is 3. The molecule has 0 unspecified atom stereocenters. The van der Waals surface area contributed by atoms with Crippen molar-refractivity contribution in [1.82, 2.24) is 5.32 Å². The maximum Gasteiger partial charge on any atom is 0.0587 e. The van der Waals surface area contributed by atoms with Crippen LogP contribution in [-0.2, 0) is 11.3 Å². The number of nitrogens with one attached hydrogen (secondary N) is 1. The van der Waals surface area contributed by atoms with Gasteiger partial charge < -0.3 is 15.0 Å². The van der Waals surface area contributed by atoms with Crippen LogP contribution in [0.15, 0.2) is 18.2 Å². The summed E-state index contributed by atoms with van der Waals surface area (Å²) in [6, 6.07) is 7.60. The van der Waals surface area contributed by atoms with Crippen molar-refractivity contribution in [3.8, 4) is 0 Å². The summed E-state index contributed by atoms with van der Waals surface area (Å²) in [5.74, 6) is 0. The zero-order chi connectivity index (χ0) is 15.1. The summed E-state index contributed by atoms with van der Waals surface area (Å²) in [7, 11) is 3.99. The molecule has 1 aromatic rings. The van der Waals surface area contributed by atoms with E-state index in [1.165, 1.54) is 48.9 Å². The molecule has 2 rings (SSSR count). The number of anilines is 1. The van der Waals surface area contributed by atoms with E-state index in [0.717, 1.165) is 25.7 Å². The highest BCUT2D eigenvalue weighted by atomic mass is 16.5. The second kappa shape index (κ2) is 8.40. The summed E-state index contributed by atoms with van der Waals surface area (Å²) < 4.78 is 5.06. The van der Waals surface area contributed by atoms with Gasteiger partial charge in [-0.15, -0.1) is 0 Å². The average Bonchev–Trinajstić information content (AvgIpc) is 2.53. The Labute approximate surface area is 129 Å². The molecule has 1 aromatic carbocycles. The van der Waals surface area contributed by atoms with E-state index in [-0.39, 0.29) is 0 Å². The molecule has 3 heteroatoms. The maximum absolute atomic E-state index is 5.06. The van der Waals surface area contributed by atoms with Crippen LogP contribution in [0.5, 0.6) is 0 Å². The van der Waals surface area contributed by atoms with Crippen molar-refractivity contribution in [3.05, 3.63) is 29.3 Å². The van der Waals surface area contributed by atoms with Gasteiger partial charge >= 0.3 is 0 Å². The van der Waals surface area contributed by atoms with E-state index in [0.29, 0.717) is 0 Å². The molecular weight excluding hydrogens is 260 g/mol. The number of benzene rings is 1. The van der Waals surface area contributed by atoms with E-state index in [2.05, 4.69) is 42.4 Å². The van der Waals surface area contributed by atoms with Gasteiger partial charge in [0.15, 0.2) is 0 Å². The fourth-order valence-corrected chi connectivity index (χ4v) is 3.17. The predicted molar refractivity (Wildman–Crippen MR) is 90.0 cm³/mol. The zero-order valence-corrected chi connectivity index (χ0v) is 13.8. The number of rotatable bonds is 7. The molecule has 1 fully saturated rings. The van der Waals surface area contributed by atoms with Crippen LogP contribution in [0.3, 0.4) is 0 Å². The minimum absolute atomic E-state index is 0.726. The Kier molecular flexibility index (Phi) is 6.52. The van der Waals surface area contributed by atoms with Crippen molar-refractivity contribution < 1.29 is 4.74 Å². The quantitative estimate of drug-likeness (QED) is 0.778. The molecule has 3 nitrogen and oxygen atoms in total. The van der Waals surface area contributed by atoms with Crippen LogP contribution >= 0.6 is 0 Å². The lowest BCUT2D eigenvalue weighted by molar-refractivity contribution is 0.199. The molecule has 0 saturated heterocycles. The fraction of sp³-hybridized carbons (Fsp3) is 0.667. The van der Waals surface area contributed by atoms with E-state index >= 15 is 0 Å². The third-order valence-corrected chi connectivity index (χ3v) is 4.65. The second-order valence-electron chi connectivity index (χ2n) is 6.18. The Bertz CT molecular complexity index is 427. The predicted octanol–water partition coefficient (Wildman–Crippen LogP) is 3.50. The minimum atomic E-state index is 0.726. The van der Waals surface area contributed by atoms with Crippen LogP contribution in [0, 0.1) is 6.92 Å². The van der Waals surface area contributed by atoms with Gasteiger partial charge in [-0.25, -0.2) is 0 Å². The number of methoxy groups -OCH3 is 1. The van der Waals surface area contributed by atoms with E-state index in [1.807, 2.05) is 0 Å². The van der Waals surface area contributed by atoms with Gasteiger partial charge in [0.1, 0.15) is 0 Å². The lowest BCUT2D eigenvalue weighted by Crippen LogP contribution is -2.33. The average molecular weight is 290 g/mol. The first kappa shape index (κ1) is 16.3. The van der Waals surface area contributed by atoms with Gasteiger partial charge in [0.2, 0.25) is 0 Å². The fourth-order valence-electron chi connectivity index (χ4n) is 3.17. The highest BCUT2D eigenvalue weighted by molar-refractivity contribution is 5.51. The van der Waals surface area contributed by atoms with E-state index in [1.54, 1.807) is 7.11 Å². The molecule has 0 atom stereocenters. The number of ether oxygens (including phenoxy) is 1. The first-order valence-corrected chi connectivity index (χ1v) is 8.24. The van der Waals surface area contributed by atoms with Gasteiger partial charge in [-0.05, 0) is 43.0 Å². The summed E-state index contributed by atoms with van der Waals surface area (Å²) in [6.07, 6.45) is 6.87. The summed E-state index contributed by atoms with van der Waals surface area (Å²) in [6.45, 7) is 4.80. The van der Waals surface area contributed by atoms with Gasteiger partial charge in [0.25, 0.3) is 0 Å². The van der Waals surface area contributed by atoms with E-state index < -0.39 is 0 Å². The van der Waals surface area contributed by atoms with Crippen LogP contribution in [-0.4, -0.2) is 33.4 Å². The number of hydrogen-bond donors (Lipinski definition) is 1. The molecule has 0 aliphatic heterocycles. The van der Waals surface area contributed by atoms with Gasteiger partial charge in [-0.3, -0.25) is 0 Å². The Morgan fingerprint density at radius 1 is 1.24 bits per heavy atom. The minimum Gasteiger partial charge on any atom is -0.383 e. The number of aryl methyl sites for hydroxylation is 1.